The molecule has 0 atom stereocenters. The van der Waals surface area contributed by atoms with Gasteiger partial charge in [0, 0.05) is 55.3 Å². The van der Waals surface area contributed by atoms with Crippen molar-refractivity contribution < 1.29 is 19.1 Å². The number of halogens is 2. The number of fused-ring (bicyclic) bond motifs is 1. The Kier molecular flexibility index (Phi) is 9.40. The van der Waals surface area contributed by atoms with Crippen molar-refractivity contribution in [3.63, 3.8) is 0 Å². The Morgan fingerprint density at radius 3 is 2.61 bits per heavy atom. The molecule has 3 aromatic rings. The fourth-order valence-electron chi connectivity index (χ4n) is 4.22. The van der Waals surface area contributed by atoms with E-state index in [1.807, 2.05) is 7.05 Å². The minimum Gasteiger partial charge on any atom is -0.378 e. The number of thiazole rings is 1. The lowest BCUT2D eigenvalue weighted by Gasteiger charge is -2.27. The highest BCUT2D eigenvalue weighted by atomic mass is 35.5. The standard InChI is InChI=1S/C25H26ClN5O4S2.ClH/c1-30-7-6-17-20(14-30)37-24(29-17)23(33)28-18-12-15(25(34)31-8-10-35-11-9-31)2-3-16(18)13-27-22(32)19-4-5-21(26)36-19;/h2-5,12H,6-11,13-14H2,1H3,(H,27,32)(H,28,33);1H. The zero-order valence-corrected chi connectivity index (χ0v) is 23.8. The predicted octanol–water partition coefficient (Wildman–Crippen LogP) is 3.92. The van der Waals surface area contributed by atoms with Crippen molar-refractivity contribution in [3.8, 4) is 0 Å². The van der Waals surface area contributed by atoms with Gasteiger partial charge in [0.2, 0.25) is 0 Å². The summed E-state index contributed by atoms with van der Waals surface area (Å²) in [6.07, 6.45) is 0.809. The number of thiophene rings is 1. The summed E-state index contributed by atoms with van der Waals surface area (Å²) in [5.41, 5.74) is 2.55. The maximum atomic E-state index is 13.2. The van der Waals surface area contributed by atoms with E-state index in [1.165, 1.54) is 22.7 Å². The molecule has 0 bridgehead atoms. The number of hydrogen-bond acceptors (Lipinski definition) is 8. The maximum Gasteiger partial charge on any atom is 0.284 e. The molecule has 1 aromatic carbocycles. The van der Waals surface area contributed by atoms with E-state index < -0.39 is 0 Å². The Bertz CT molecular complexity index is 1340. The van der Waals surface area contributed by atoms with Crippen LogP contribution in [-0.4, -0.2) is 72.4 Å². The number of morpholine rings is 1. The van der Waals surface area contributed by atoms with E-state index in [0.29, 0.717) is 57.3 Å². The normalized spacial score (nSPS) is 15.4. The van der Waals surface area contributed by atoms with Crippen molar-refractivity contribution in [2.45, 2.75) is 19.5 Å². The van der Waals surface area contributed by atoms with E-state index >= 15 is 0 Å². The van der Waals surface area contributed by atoms with E-state index in [2.05, 4.69) is 20.5 Å². The Balaban J connectivity index is 0.00000336. The van der Waals surface area contributed by atoms with Gasteiger partial charge in [0.15, 0.2) is 5.01 Å². The van der Waals surface area contributed by atoms with Crippen LogP contribution in [0.2, 0.25) is 4.34 Å². The van der Waals surface area contributed by atoms with E-state index in [4.69, 9.17) is 16.3 Å². The Morgan fingerprint density at radius 1 is 1.08 bits per heavy atom. The molecule has 2 N–H and O–H groups in total. The van der Waals surface area contributed by atoms with Crippen LogP contribution in [0.1, 0.15) is 46.0 Å². The summed E-state index contributed by atoms with van der Waals surface area (Å²) in [4.78, 5) is 49.0. The number of rotatable bonds is 6. The van der Waals surface area contributed by atoms with Gasteiger partial charge in [-0.15, -0.1) is 35.1 Å². The third-order valence-corrected chi connectivity index (χ3v) is 8.57. The van der Waals surface area contributed by atoms with Crippen LogP contribution in [0.5, 0.6) is 0 Å². The van der Waals surface area contributed by atoms with Crippen LogP contribution < -0.4 is 10.6 Å². The molecule has 1 fully saturated rings. The molecule has 2 aliphatic heterocycles. The smallest absolute Gasteiger partial charge is 0.284 e. The molecule has 3 amide bonds. The molecule has 2 aromatic heterocycles. The van der Waals surface area contributed by atoms with Gasteiger partial charge in [-0.1, -0.05) is 17.7 Å². The van der Waals surface area contributed by atoms with Gasteiger partial charge in [0.1, 0.15) is 0 Å². The number of aromatic nitrogens is 1. The van der Waals surface area contributed by atoms with Crippen LogP contribution in [0.3, 0.4) is 0 Å². The molecule has 13 heteroatoms. The third kappa shape index (κ3) is 6.53. The minimum atomic E-state index is -0.337. The van der Waals surface area contributed by atoms with E-state index in [0.717, 1.165) is 30.1 Å². The van der Waals surface area contributed by atoms with Crippen molar-refractivity contribution in [1.82, 2.24) is 20.1 Å². The molecule has 0 radical (unpaired) electrons. The number of carbonyl (C=O) groups excluding carboxylic acids is 3. The number of carbonyl (C=O) groups is 3. The number of anilines is 1. The van der Waals surface area contributed by atoms with Crippen LogP contribution in [0, 0.1) is 0 Å². The number of hydrogen-bond donors (Lipinski definition) is 2. The first-order valence-electron chi connectivity index (χ1n) is 11.9. The first-order valence-corrected chi connectivity index (χ1v) is 13.9. The number of ether oxygens (including phenoxy) is 1. The molecule has 9 nitrogen and oxygen atoms in total. The second kappa shape index (κ2) is 12.5. The Hall–Kier alpha value is -2.54. The van der Waals surface area contributed by atoms with Gasteiger partial charge in [-0.05, 0) is 36.9 Å². The summed E-state index contributed by atoms with van der Waals surface area (Å²) < 4.78 is 5.89. The molecule has 0 unspecified atom stereocenters. The summed E-state index contributed by atoms with van der Waals surface area (Å²) in [6, 6.07) is 8.48. The quantitative estimate of drug-likeness (QED) is 0.447. The van der Waals surface area contributed by atoms with Crippen molar-refractivity contribution >= 4 is 70.1 Å². The molecular formula is C25H27Cl2N5O4S2. The van der Waals surface area contributed by atoms with Crippen molar-refractivity contribution in [2.75, 3.05) is 45.2 Å². The molecule has 0 aliphatic carbocycles. The lowest BCUT2D eigenvalue weighted by Crippen LogP contribution is -2.40. The maximum absolute atomic E-state index is 13.2. The van der Waals surface area contributed by atoms with Crippen LogP contribution in [-0.2, 0) is 24.2 Å². The van der Waals surface area contributed by atoms with Crippen molar-refractivity contribution in [1.29, 1.82) is 0 Å². The summed E-state index contributed by atoms with van der Waals surface area (Å²) in [6.45, 7) is 3.86. The van der Waals surface area contributed by atoms with Gasteiger partial charge in [0.05, 0.1) is 28.1 Å². The zero-order chi connectivity index (χ0) is 25.9. The first kappa shape index (κ1) is 28.5. The second-order valence-electron chi connectivity index (χ2n) is 8.89. The minimum absolute atomic E-state index is 0. The molecule has 0 saturated carbocycles. The van der Waals surface area contributed by atoms with Gasteiger partial charge in [-0.25, -0.2) is 4.98 Å². The Labute approximate surface area is 239 Å². The lowest BCUT2D eigenvalue weighted by molar-refractivity contribution is 0.0303. The SMILES string of the molecule is CN1CCc2nc(C(=O)Nc3cc(C(=O)N4CCOCC4)ccc3CNC(=O)c3ccc(Cl)s3)sc2C1.Cl. The number of nitrogens with one attached hydrogen (secondary N) is 2. The second-order valence-corrected chi connectivity index (χ2v) is 11.7. The van der Waals surface area contributed by atoms with Crippen molar-refractivity contribution in [2.24, 2.45) is 0 Å². The summed E-state index contributed by atoms with van der Waals surface area (Å²) >= 11 is 8.54. The van der Waals surface area contributed by atoms with Gasteiger partial charge < -0.3 is 25.2 Å². The summed E-state index contributed by atoms with van der Waals surface area (Å²) in [5, 5.41) is 6.20. The fraction of sp³-hybridized carbons (Fsp3) is 0.360. The van der Waals surface area contributed by atoms with Crippen LogP contribution >= 0.6 is 46.7 Å². The predicted molar refractivity (Wildman–Crippen MR) is 151 cm³/mol. The molecule has 4 heterocycles. The fourth-order valence-corrected chi connectivity index (χ4v) is 6.27. The number of nitrogens with zero attached hydrogens (tertiary/aromatic N) is 3. The van der Waals surface area contributed by atoms with Crippen LogP contribution in [0.25, 0.3) is 0 Å². The average Bonchev–Trinajstić information content (AvgIpc) is 3.54. The molecule has 5 rings (SSSR count). The molecular weight excluding hydrogens is 569 g/mol. The van der Waals surface area contributed by atoms with E-state index in [1.54, 1.807) is 35.2 Å². The highest BCUT2D eigenvalue weighted by Gasteiger charge is 2.24. The van der Waals surface area contributed by atoms with Crippen LogP contribution in [0.4, 0.5) is 5.69 Å². The number of likely N-dealkylation sites (N-methyl/N-ethyl adjacent to an activating group) is 1. The van der Waals surface area contributed by atoms with Gasteiger partial charge in [-0.2, -0.15) is 0 Å². The molecule has 202 valence electrons. The Morgan fingerprint density at radius 2 is 1.87 bits per heavy atom. The van der Waals surface area contributed by atoms with E-state index in [9.17, 15) is 14.4 Å². The third-order valence-electron chi connectivity index (χ3n) is 6.26. The average molecular weight is 597 g/mol. The topological polar surface area (TPSA) is 104 Å². The molecule has 38 heavy (non-hydrogen) atoms. The first-order chi connectivity index (χ1) is 17.9. The number of amides is 3. The highest BCUT2D eigenvalue weighted by molar-refractivity contribution is 7.18. The van der Waals surface area contributed by atoms with Gasteiger partial charge >= 0.3 is 0 Å². The van der Waals surface area contributed by atoms with Crippen LogP contribution in [0.15, 0.2) is 30.3 Å². The summed E-state index contributed by atoms with van der Waals surface area (Å²) in [5.74, 6) is -0.731. The monoisotopic (exact) mass is 595 g/mol. The van der Waals surface area contributed by atoms with Gasteiger partial charge in [-0.3, -0.25) is 14.4 Å². The largest absolute Gasteiger partial charge is 0.378 e. The molecule has 1 saturated heterocycles. The number of benzene rings is 1. The summed E-state index contributed by atoms with van der Waals surface area (Å²) in [7, 11) is 2.05. The van der Waals surface area contributed by atoms with Gasteiger partial charge in [0.25, 0.3) is 17.7 Å². The van der Waals surface area contributed by atoms with Crippen molar-refractivity contribution in [3.05, 3.63) is 66.3 Å². The highest BCUT2D eigenvalue weighted by Crippen LogP contribution is 2.27. The van der Waals surface area contributed by atoms with E-state index in [-0.39, 0.29) is 36.7 Å². The molecule has 0 spiro atoms. The zero-order valence-electron chi connectivity index (χ0n) is 20.6. The molecule has 2 aliphatic rings. The lowest BCUT2D eigenvalue weighted by atomic mass is 10.1.